The monoisotopic (exact) mass is 407 g/mol. The fourth-order valence-corrected chi connectivity index (χ4v) is 3.61. The Morgan fingerprint density at radius 1 is 1.10 bits per heavy atom. The number of phenols is 1. The van der Waals surface area contributed by atoms with Gasteiger partial charge in [0, 0.05) is 24.4 Å². The fraction of sp³-hybridized carbons (Fsp3) is 0.217. The fourth-order valence-electron chi connectivity index (χ4n) is 3.61. The van der Waals surface area contributed by atoms with Crippen LogP contribution in [0.5, 0.6) is 5.75 Å². The number of phenolic OH excluding ortho intramolecular Hbond substituents is 1. The van der Waals surface area contributed by atoms with Gasteiger partial charge in [-0.25, -0.2) is 4.39 Å². The maximum absolute atomic E-state index is 13.3. The van der Waals surface area contributed by atoms with Crippen LogP contribution in [0.3, 0.4) is 0 Å². The number of nitrogens with one attached hydrogen (secondary N) is 3. The predicted molar refractivity (Wildman–Crippen MR) is 111 cm³/mol. The number of H-pyrrole nitrogens is 1. The van der Waals surface area contributed by atoms with E-state index in [1.165, 1.54) is 12.1 Å². The first kappa shape index (κ1) is 19.7. The first-order chi connectivity index (χ1) is 14.5. The average Bonchev–Trinajstić information content (AvgIpc) is 3.34. The lowest BCUT2D eigenvalue weighted by molar-refractivity contribution is -0.127. The van der Waals surface area contributed by atoms with Crippen LogP contribution >= 0.6 is 0 Å². The molecule has 2 amide bonds. The van der Waals surface area contributed by atoms with Gasteiger partial charge in [0.2, 0.25) is 11.8 Å². The summed E-state index contributed by atoms with van der Waals surface area (Å²) in [4.78, 5) is 27.4. The molecule has 7 heteroatoms. The van der Waals surface area contributed by atoms with E-state index in [0.29, 0.717) is 19.4 Å². The van der Waals surface area contributed by atoms with Crippen LogP contribution in [-0.4, -0.2) is 34.5 Å². The molecule has 2 aromatic carbocycles. The van der Waals surface area contributed by atoms with Crippen molar-refractivity contribution in [2.24, 2.45) is 0 Å². The molecular formula is C23H22FN3O3. The van der Waals surface area contributed by atoms with E-state index in [2.05, 4.69) is 15.6 Å². The van der Waals surface area contributed by atoms with E-state index in [4.69, 9.17) is 0 Å². The third-order valence-electron chi connectivity index (χ3n) is 5.22. The minimum Gasteiger partial charge on any atom is -0.508 e. The molecule has 2 heterocycles. The molecule has 1 aliphatic heterocycles. The number of carbonyl (C=O) groups is 2. The highest BCUT2D eigenvalue weighted by molar-refractivity contribution is 5.89. The largest absolute Gasteiger partial charge is 0.508 e. The Kier molecular flexibility index (Phi) is 5.52. The summed E-state index contributed by atoms with van der Waals surface area (Å²) in [5, 5.41) is 15.1. The molecule has 0 spiro atoms. The topological polar surface area (TPSA) is 94.2 Å². The molecule has 4 rings (SSSR count). The smallest absolute Gasteiger partial charge is 0.242 e. The number of hydrogen-bond donors (Lipinski definition) is 4. The first-order valence-corrected chi connectivity index (χ1v) is 9.84. The lowest BCUT2D eigenvalue weighted by atomic mass is 10.0. The van der Waals surface area contributed by atoms with Gasteiger partial charge in [-0.2, -0.15) is 0 Å². The Balaban J connectivity index is 1.56. The average molecular weight is 407 g/mol. The van der Waals surface area contributed by atoms with Gasteiger partial charge in [-0.3, -0.25) is 9.59 Å². The van der Waals surface area contributed by atoms with Crippen LogP contribution in [0.25, 0.3) is 22.5 Å². The van der Waals surface area contributed by atoms with Crippen LogP contribution in [0.1, 0.15) is 18.4 Å². The van der Waals surface area contributed by atoms with Gasteiger partial charge < -0.3 is 20.7 Å². The zero-order valence-electron chi connectivity index (χ0n) is 16.2. The first-order valence-electron chi connectivity index (χ1n) is 9.84. The third kappa shape index (κ3) is 4.35. The van der Waals surface area contributed by atoms with E-state index in [-0.39, 0.29) is 29.8 Å². The summed E-state index contributed by atoms with van der Waals surface area (Å²) in [6.45, 7) is 0.577. The lowest BCUT2D eigenvalue weighted by Crippen LogP contribution is -2.40. The molecule has 1 aromatic heterocycles. The van der Waals surface area contributed by atoms with Gasteiger partial charge in [0.05, 0.1) is 0 Å². The Bertz CT molecular complexity index is 1060. The normalized spacial score (nSPS) is 15.8. The number of aromatic hydroxyl groups is 1. The number of aromatic nitrogens is 1. The SMILES string of the molecule is O=C(CCc1cc(-c2ccc(F)cc2)[nH]c1-c1ccc(O)cc1)NC1CCNC1=O. The summed E-state index contributed by atoms with van der Waals surface area (Å²) < 4.78 is 13.3. The summed E-state index contributed by atoms with van der Waals surface area (Å²) in [5.41, 5.74) is 4.26. The van der Waals surface area contributed by atoms with Crippen LogP contribution < -0.4 is 10.6 Å². The van der Waals surface area contributed by atoms with Gasteiger partial charge >= 0.3 is 0 Å². The van der Waals surface area contributed by atoms with Crippen LogP contribution in [-0.2, 0) is 16.0 Å². The van der Waals surface area contributed by atoms with Crippen LogP contribution in [0.2, 0.25) is 0 Å². The van der Waals surface area contributed by atoms with Gasteiger partial charge in [-0.1, -0.05) is 0 Å². The number of aryl methyl sites for hydroxylation is 1. The minimum atomic E-state index is -0.463. The lowest BCUT2D eigenvalue weighted by Gasteiger charge is -2.10. The predicted octanol–water partition coefficient (Wildman–Crippen LogP) is 3.13. The zero-order valence-corrected chi connectivity index (χ0v) is 16.2. The van der Waals surface area contributed by atoms with E-state index in [1.807, 2.05) is 6.07 Å². The molecule has 0 radical (unpaired) electrons. The third-order valence-corrected chi connectivity index (χ3v) is 5.22. The number of hydrogen-bond acceptors (Lipinski definition) is 3. The Labute approximate surface area is 173 Å². The standard InChI is InChI=1S/C23H22FN3O3/c24-17-6-1-14(2-7-17)20-13-16(22(27-20)15-3-8-18(28)9-4-15)5-10-21(29)26-19-11-12-25-23(19)30/h1-4,6-9,13,19,27-28H,5,10-12H2,(H,25,30)(H,26,29). The van der Waals surface area contributed by atoms with Crippen LogP contribution in [0.4, 0.5) is 4.39 Å². The highest BCUT2D eigenvalue weighted by Crippen LogP contribution is 2.31. The quantitative estimate of drug-likeness (QED) is 0.506. The second-order valence-corrected chi connectivity index (χ2v) is 7.34. The molecule has 30 heavy (non-hydrogen) atoms. The second kappa shape index (κ2) is 8.41. The molecule has 1 aliphatic rings. The van der Waals surface area contributed by atoms with Crippen molar-refractivity contribution in [2.75, 3.05) is 6.54 Å². The molecule has 3 aromatic rings. The molecule has 1 fully saturated rings. The van der Waals surface area contributed by atoms with Crippen LogP contribution in [0, 0.1) is 5.82 Å². The molecule has 4 N–H and O–H groups in total. The number of carbonyl (C=O) groups excluding carboxylic acids is 2. The van der Waals surface area contributed by atoms with Crippen molar-refractivity contribution < 1.29 is 19.1 Å². The summed E-state index contributed by atoms with van der Waals surface area (Å²) in [5.74, 6) is -0.469. The van der Waals surface area contributed by atoms with Crippen molar-refractivity contribution in [3.8, 4) is 28.3 Å². The van der Waals surface area contributed by atoms with E-state index in [9.17, 15) is 19.1 Å². The molecule has 154 valence electrons. The van der Waals surface area contributed by atoms with Crippen molar-refractivity contribution in [1.29, 1.82) is 0 Å². The van der Waals surface area contributed by atoms with Crippen molar-refractivity contribution in [2.45, 2.75) is 25.3 Å². The minimum absolute atomic E-state index is 0.145. The Hall–Kier alpha value is -3.61. The molecule has 6 nitrogen and oxygen atoms in total. The van der Waals surface area contributed by atoms with Crippen LogP contribution in [0.15, 0.2) is 54.6 Å². The van der Waals surface area contributed by atoms with E-state index in [0.717, 1.165) is 28.1 Å². The molecule has 0 bridgehead atoms. The highest BCUT2D eigenvalue weighted by Gasteiger charge is 2.25. The Morgan fingerprint density at radius 2 is 1.80 bits per heavy atom. The van der Waals surface area contributed by atoms with E-state index >= 15 is 0 Å². The maximum atomic E-state index is 13.3. The summed E-state index contributed by atoms with van der Waals surface area (Å²) in [6.07, 6.45) is 1.30. The summed E-state index contributed by atoms with van der Waals surface area (Å²) in [7, 11) is 0. The summed E-state index contributed by atoms with van der Waals surface area (Å²) >= 11 is 0. The number of halogens is 1. The van der Waals surface area contributed by atoms with Crippen molar-refractivity contribution in [1.82, 2.24) is 15.6 Å². The molecular weight excluding hydrogens is 385 g/mol. The molecule has 0 saturated carbocycles. The van der Waals surface area contributed by atoms with Gasteiger partial charge in [-0.15, -0.1) is 0 Å². The van der Waals surface area contributed by atoms with Gasteiger partial charge in [0.1, 0.15) is 17.6 Å². The van der Waals surface area contributed by atoms with Gasteiger partial charge in [0.25, 0.3) is 0 Å². The molecule has 0 aliphatic carbocycles. The van der Waals surface area contributed by atoms with Crippen molar-refractivity contribution in [3.63, 3.8) is 0 Å². The zero-order chi connectivity index (χ0) is 21.1. The number of benzene rings is 2. The van der Waals surface area contributed by atoms with E-state index in [1.54, 1.807) is 36.4 Å². The van der Waals surface area contributed by atoms with Gasteiger partial charge in [0.15, 0.2) is 0 Å². The highest BCUT2D eigenvalue weighted by atomic mass is 19.1. The molecule has 1 saturated heterocycles. The second-order valence-electron chi connectivity index (χ2n) is 7.34. The Morgan fingerprint density at radius 3 is 2.47 bits per heavy atom. The van der Waals surface area contributed by atoms with Gasteiger partial charge in [-0.05, 0) is 84.1 Å². The number of amides is 2. The summed E-state index contributed by atoms with van der Waals surface area (Å²) in [6, 6.07) is 14.5. The molecule has 1 unspecified atom stereocenters. The number of aromatic amines is 1. The number of rotatable bonds is 6. The van der Waals surface area contributed by atoms with Crippen molar-refractivity contribution >= 4 is 11.8 Å². The maximum Gasteiger partial charge on any atom is 0.242 e. The van der Waals surface area contributed by atoms with E-state index < -0.39 is 6.04 Å². The van der Waals surface area contributed by atoms with Crippen molar-refractivity contribution in [3.05, 3.63) is 66.0 Å². The molecule has 1 atom stereocenters.